The highest BCUT2D eigenvalue weighted by Crippen LogP contribution is 2.40. The van der Waals surface area contributed by atoms with Gasteiger partial charge in [-0.05, 0) is 35.2 Å². The summed E-state index contributed by atoms with van der Waals surface area (Å²) in [5, 5.41) is 2.79. The summed E-state index contributed by atoms with van der Waals surface area (Å²) in [4.78, 5) is 14.7. The molecule has 0 N–H and O–H groups in total. The number of hydrogen-bond donors (Lipinski definition) is 0. The lowest BCUT2D eigenvalue weighted by atomic mass is 9.98. The number of nitrogens with zero attached hydrogens (tertiary/aromatic N) is 2. The second kappa shape index (κ2) is 8.51. The Labute approximate surface area is 180 Å². The standard InChI is InChI=1S/C21H26FN2O2S.BrH/c1-24(2)17-9-10-18(24)13-19(12-17)26-21(25)23(20-4-3-11-27-20)14-15-5-7-16(22)8-6-15;/h3-8,11,17-19H,9-10,12-14H2,1-2H3;1H/q+1;/p-1/t17-,18+,19?;. The molecule has 4 nitrogen and oxygen atoms in total. The third-order valence-corrected chi connectivity index (χ3v) is 7.19. The van der Waals surface area contributed by atoms with Crippen molar-refractivity contribution in [2.45, 2.75) is 50.4 Å². The topological polar surface area (TPSA) is 29.5 Å². The van der Waals surface area contributed by atoms with Crippen molar-refractivity contribution in [3.8, 4) is 0 Å². The number of fused-ring (bicyclic) bond motifs is 2. The molecule has 2 aliphatic rings. The molecule has 2 fully saturated rings. The lowest BCUT2D eigenvalue weighted by Crippen LogP contribution is -3.00. The normalized spacial score (nSPS) is 25.0. The molecule has 152 valence electrons. The Morgan fingerprint density at radius 3 is 2.39 bits per heavy atom. The van der Waals surface area contributed by atoms with Crippen LogP contribution in [-0.4, -0.2) is 42.9 Å². The molecule has 28 heavy (non-hydrogen) atoms. The smallest absolute Gasteiger partial charge is 0.415 e. The van der Waals surface area contributed by atoms with Gasteiger partial charge in [0.05, 0.1) is 32.7 Å². The summed E-state index contributed by atoms with van der Waals surface area (Å²) in [7, 11) is 4.60. The predicted molar refractivity (Wildman–Crippen MR) is 105 cm³/mol. The Morgan fingerprint density at radius 2 is 1.82 bits per heavy atom. The van der Waals surface area contributed by atoms with E-state index in [1.807, 2.05) is 17.5 Å². The van der Waals surface area contributed by atoms with E-state index < -0.39 is 0 Å². The average molecular weight is 469 g/mol. The van der Waals surface area contributed by atoms with Gasteiger partial charge >= 0.3 is 6.09 Å². The maximum absolute atomic E-state index is 13.2. The lowest BCUT2D eigenvalue weighted by Gasteiger charge is -2.44. The zero-order valence-corrected chi connectivity index (χ0v) is 18.6. The van der Waals surface area contributed by atoms with Crippen molar-refractivity contribution in [1.29, 1.82) is 0 Å². The summed E-state index contributed by atoms with van der Waals surface area (Å²) in [5.74, 6) is -0.276. The van der Waals surface area contributed by atoms with Crippen LogP contribution >= 0.6 is 11.3 Å². The molecule has 2 bridgehead atoms. The zero-order valence-electron chi connectivity index (χ0n) is 16.2. The maximum atomic E-state index is 13.2. The molecule has 1 aromatic carbocycles. The van der Waals surface area contributed by atoms with Crippen LogP contribution in [0.1, 0.15) is 31.2 Å². The number of carbonyl (C=O) groups is 1. The summed E-state index contributed by atoms with van der Waals surface area (Å²) in [6.45, 7) is 0.376. The van der Waals surface area contributed by atoms with Crippen LogP contribution in [0, 0.1) is 5.82 Å². The Bertz CT molecular complexity index is 781. The van der Waals surface area contributed by atoms with Gasteiger partial charge in [0.15, 0.2) is 0 Å². The van der Waals surface area contributed by atoms with Crippen LogP contribution in [0.5, 0.6) is 0 Å². The number of quaternary nitrogens is 1. The lowest BCUT2D eigenvalue weighted by molar-refractivity contribution is -0.931. The van der Waals surface area contributed by atoms with E-state index in [-0.39, 0.29) is 35.0 Å². The molecule has 3 heterocycles. The predicted octanol–water partition coefficient (Wildman–Crippen LogP) is 1.80. The molecule has 1 unspecified atom stereocenters. The number of rotatable bonds is 4. The molecule has 0 spiro atoms. The molecule has 2 saturated heterocycles. The van der Waals surface area contributed by atoms with E-state index in [4.69, 9.17) is 4.74 Å². The molecule has 7 heteroatoms. The number of ether oxygens (including phenoxy) is 1. The van der Waals surface area contributed by atoms with E-state index in [0.29, 0.717) is 18.6 Å². The van der Waals surface area contributed by atoms with Gasteiger partial charge in [0.2, 0.25) is 0 Å². The minimum absolute atomic E-state index is 0. The second-order valence-corrected chi connectivity index (χ2v) is 9.08. The van der Waals surface area contributed by atoms with Crippen molar-refractivity contribution in [3.63, 3.8) is 0 Å². The van der Waals surface area contributed by atoms with Crippen LogP contribution in [0.3, 0.4) is 0 Å². The Hall–Kier alpha value is -1.44. The van der Waals surface area contributed by atoms with Crippen molar-refractivity contribution < 1.29 is 35.4 Å². The molecule has 4 rings (SSSR count). The molecular formula is C21H26BrFN2O2S. The fourth-order valence-corrected chi connectivity index (χ4v) is 5.28. The first-order chi connectivity index (χ1) is 12.9. The first-order valence-corrected chi connectivity index (χ1v) is 10.4. The average Bonchev–Trinajstić information content (AvgIpc) is 3.17. The van der Waals surface area contributed by atoms with Crippen LogP contribution in [0.2, 0.25) is 0 Å². The number of thiophene rings is 1. The second-order valence-electron chi connectivity index (χ2n) is 8.16. The number of piperidine rings is 1. The van der Waals surface area contributed by atoms with Crippen LogP contribution in [0.25, 0.3) is 0 Å². The number of amides is 1. The van der Waals surface area contributed by atoms with Crippen LogP contribution in [0.4, 0.5) is 14.2 Å². The molecular weight excluding hydrogens is 443 g/mol. The van der Waals surface area contributed by atoms with Crippen molar-refractivity contribution in [2.24, 2.45) is 0 Å². The van der Waals surface area contributed by atoms with Crippen molar-refractivity contribution in [3.05, 3.63) is 53.2 Å². The van der Waals surface area contributed by atoms with Gasteiger partial charge < -0.3 is 26.2 Å². The van der Waals surface area contributed by atoms with Gasteiger partial charge in [0.1, 0.15) is 16.9 Å². The highest BCUT2D eigenvalue weighted by atomic mass is 79.9. The Kier molecular flexibility index (Phi) is 6.47. The maximum Gasteiger partial charge on any atom is 0.415 e. The molecule has 3 atom stereocenters. The minimum atomic E-state index is -0.307. The van der Waals surface area contributed by atoms with Gasteiger partial charge in [-0.3, -0.25) is 4.90 Å². The SMILES string of the molecule is C[N+]1(C)[C@@H]2CC[C@H]1CC(OC(=O)N(Cc1ccc(F)cc1)c1cccs1)C2.[Br-]. The van der Waals surface area contributed by atoms with E-state index in [1.54, 1.807) is 17.0 Å². The van der Waals surface area contributed by atoms with Crippen LogP contribution < -0.4 is 21.9 Å². The van der Waals surface area contributed by atoms with Crippen molar-refractivity contribution in [2.75, 3.05) is 19.0 Å². The Balaban J connectivity index is 0.00000225. The first-order valence-electron chi connectivity index (χ1n) is 9.53. The number of anilines is 1. The highest BCUT2D eigenvalue weighted by molar-refractivity contribution is 7.14. The fraction of sp³-hybridized carbons (Fsp3) is 0.476. The number of hydrogen-bond acceptors (Lipinski definition) is 3. The third-order valence-electron chi connectivity index (χ3n) is 6.30. The van der Waals surface area contributed by atoms with Gasteiger partial charge in [0.25, 0.3) is 0 Å². The molecule has 0 saturated carbocycles. The van der Waals surface area contributed by atoms with E-state index in [2.05, 4.69) is 14.1 Å². The fourth-order valence-electron chi connectivity index (χ4n) is 4.56. The number of halogens is 2. The number of benzene rings is 1. The summed E-state index contributed by atoms with van der Waals surface area (Å²) < 4.78 is 20.2. The van der Waals surface area contributed by atoms with Crippen LogP contribution in [-0.2, 0) is 11.3 Å². The molecule has 2 aliphatic heterocycles. The molecule has 1 amide bonds. The third kappa shape index (κ3) is 4.26. The summed E-state index contributed by atoms with van der Waals surface area (Å²) >= 11 is 1.50. The van der Waals surface area contributed by atoms with Gasteiger partial charge in [-0.25, -0.2) is 9.18 Å². The first kappa shape index (κ1) is 21.3. The van der Waals surface area contributed by atoms with E-state index >= 15 is 0 Å². The molecule has 1 aromatic heterocycles. The van der Waals surface area contributed by atoms with Gasteiger partial charge in [-0.15, -0.1) is 11.3 Å². The van der Waals surface area contributed by atoms with E-state index in [0.717, 1.165) is 27.9 Å². The van der Waals surface area contributed by atoms with Gasteiger partial charge in [-0.2, -0.15) is 0 Å². The zero-order chi connectivity index (χ0) is 19.0. The van der Waals surface area contributed by atoms with Gasteiger partial charge in [0, 0.05) is 25.7 Å². The Morgan fingerprint density at radius 1 is 1.18 bits per heavy atom. The van der Waals surface area contributed by atoms with Gasteiger partial charge in [-0.1, -0.05) is 12.1 Å². The monoisotopic (exact) mass is 468 g/mol. The molecule has 0 radical (unpaired) electrons. The highest BCUT2D eigenvalue weighted by Gasteiger charge is 2.50. The molecule has 2 aromatic rings. The summed E-state index contributed by atoms with van der Waals surface area (Å²) in [6, 6.07) is 11.3. The molecule has 0 aliphatic carbocycles. The quantitative estimate of drug-likeness (QED) is 0.640. The minimum Gasteiger partial charge on any atom is -1.00 e. The number of carbonyl (C=O) groups excluding carboxylic acids is 1. The largest absolute Gasteiger partial charge is 1.00 e. The summed E-state index contributed by atoms with van der Waals surface area (Å²) in [5.41, 5.74) is 0.878. The van der Waals surface area contributed by atoms with E-state index in [9.17, 15) is 9.18 Å². The van der Waals surface area contributed by atoms with E-state index in [1.165, 1.54) is 36.3 Å². The van der Waals surface area contributed by atoms with Crippen molar-refractivity contribution in [1.82, 2.24) is 0 Å². The van der Waals surface area contributed by atoms with Crippen molar-refractivity contribution >= 4 is 22.4 Å². The summed E-state index contributed by atoms with van der Waals surface area (Å²) in [6.07, 6.45) is 3.98. The van der Waals surface area contributed by atoms with Crippen LogP contribution in [0.15, 0.2) is 41.8 Å².